The van der Waals surface area contributed by atoms with Crippen LogP contribution < -0.4 is 5.32 Å². The van der Waals surface area contributed by atoms with Gasteiger partial charge in [0, 0.05) is 12.6 Å². The van der Waals surface area contributed by atoms with Crippen molar-refractivity contribution in [2.45, 2.75) is 77.4 Å². The molecule has 2 aliphatic rings. The van der Waals surface area contributed by atoms with Crippen LogP contribution in [0.15, 0.2) is 0 Å². The first-order valence-electron chi connectivity index (χ1n) is 8.14. The molecule has 2 nitrogen and oxygen atoms in total. The maximum absolute atomic E-state index is 5.76. The lowest BCUT2D eigenvalue weighted by atomic mass is 9.78. The first-order chi connectivity index (χ1) is 8.79. The van der Waals surface area contributed by atoms with Crippen molar-refractivity contribution < 1.29 is 4.74 Å². The second-order valence-electron chi connectivity index (χ2n) is 6.40. The zero-order chi connectivity index (χ0) is 12.8. The molecule has 2 unspecified atom stereocenters. The topological polar surface area (TPSA) is 21.3 Å². The molecule has 1 saturated carbocycles. The van der Waals surface area contributed by atoms with Gasteiger partial charge in [-0.25, -0.2) is 0 Å². The van der Waals surface area contributed by atoms with Gasteiger partial charge in [-0.2, -0.15) is 0 Å². The van der Waals surface area contributed by atoms with Crippen LogP contribution in [-0.2, 0) is 4.74 Å². The lowest BCUT2D eigenvalue weighted by Gasteiger charge is -2.33. The van der Waals surface area contributed by atoms with Gasteiger partial charge in [0.2, 0.25) is 0 Å². The van der Waals surface area contributed by atoms with Gasteiger partial charge in [-0.05, 0) is 56.9 Å². The average molecular weight is 253 g/mol. The van der Waals surface area contributed by atoms with Gasteiger partial charge in [0.15, 0.2) is 0 Å². The van der Waals surface area contributed by atoms with E-state index in [1.54, 1.807) is 0 Å². The minimum atomic E-state index is 0.564. The minimum absolute atomic E-state index is 0.564. The summed E-state index contributed by atoms with van der Waals surface area (Å²) in [5.74, 6) is 1.88. The molecule has 0 radical (unpaired) electrons. The molecule has 0 aromatic carbocycles. The van der Waals surface area contributed by atoms with E-state index in [0.29, 0.717) is 6.10 Å². The van der Waals surface area contributed by atoms with Gasteiger partial charge in [0.05, 0.1) is 6.10 Å². The van der Waals surface area contributed by atoms with Crippen molar-refractivity contribution in [1.82, 2.24) is 5.32 Å². The van der Waals surface area contributed by atoms with E-state index < -0.39 is 0 Å². The molecule has 0 bridgehead atoms. The van der Waals surface area contributed by atoms with Crippen LogP contribution in [0.5, 0.6) is 0 Å². The molecule has 0 aromatic rings. The van der Waals surface area contributed by atoms with Gasteiger partial charge in [-0.3, -0.25) is 0 Å². The third-order valence-electron chi connectivity index (χ3n) is 4.92. The largest absolute Gasteiger partial charge is 0.378 e. The lowest BCUT2D eigenvalue weighted by molar-refractivity contribution is 0.0948. The van der Waals surface area contributed by atoms with E-state index in [2.05, 4.69) is 19.2 Å². The van der Waals surface area contributed by atoms with Crippen molar-refractivity contribution >= 4 is 0 Å². The van der Waals surface area contributed by atoms with Gasteiger partial charge in [-0.15, -0.1) is 0 Å². The standard InChI is InChI=1S/C16H31NO/c1-3-17-16(11-10-15-5-4-12-18-15)14-8-6-13(2)7-9-14/h13-17H,3-12H2,1-2H3. The second kappa shape index (κ2) is 7.49. The van der Waals surface area contributed by atoms with Crippen molar-refractivity contribution in [3.8, 4) is 0 Å². The highest BCUT2D eigenvalue weighted by molar-refractivity contribution is 4.82. The van der Waals surface area contributed by atoms with Gasteiger partial charge in [0.1, 0.15) is 0 Å². The average Bonchev–Trinajstić information content (AvgIpc) is 2.89. The molecule has 1 aliphatic heterocycles. The molecular weight excluding hydrogens is 222 g/mol. The molecule has 1 saturated heterocycles. The van der Waals surface area contributed by atoms with Gasteiger partial charge in [0.25, 0.3) is 0 Å². The van der Waals surface area contributed by atoms with E-state index in [9.17, 15) is 0 Å². The molecule has 2 rings (SSSR count). The highest BCUT2D eigenvalue weighted by Crippen LogP contribution is 2.32. The monoisotopic (exact) mass is 253 g/mol. The Hall–Kier alpha value is -0.0800. The van der Waals surface area contributed by atoms with Crippen LogP contribution in [0.1, 0.15) is 65.2 Å². The van der Waals surface area contributed by atoms with Gasteiger partial charge >= 0.3 is 0 Å². The third-order valence-corrected chi connectivity index (χ3v) is 4.92. The summed E-state index contributed by atoms with van der Waals surface area (Å²) >= 11 is 0. The molecule has 106 valence electrons. The molecule has 0 amide bonds. The molecular formula is C16H31NO. The predicted octanol–water partition coefficient (Wildman–Crippen LogP) is 3.75. The Morgan fingerprint density at radius 3 is 2.56 bits per heavy atom. The smallest absolute Gasteiger partial charge is 0.0576 e. The zero-order valence-corrected chi connectivity index (χ0v) is 12.3. The highest BCUT2D eigenvalue weighted by atomic mass is 16.5. The molecule has 1 heterocycles. The van der Waals surface area contributed by atoms with Crippen molar-refractivity contribution in [1.29, 1.82) is 0 Å². The predicted molar refractivity (Wildman–Crippen MR) is 76.8 cm³/mol. The van der Waals surface area contributed by atoms with E-state index in [1.807, 2.05) is 0 Å². The van der Waals surface area contributed by atoms with Crippen LogP contribution in [0, 0.1) is 11.8 Å². The van der Waals surface area contributed by atoms with Crippen LogP contribution in [0.3, 0.4) is 0 Å². The quantitative estimate of drug-likeness (QED) is 0.778. The van der Waals surface area contributed by atoms with E-state index in [4.69, 9.17) is 4.74 Å². The Balaban J connectivity index is 1.75. The van der Waals surface area contributed by atoms with Crippen LogP contribution in [0.4, 0.5) is 0 Å². The number of nitrogens with one attached hydrogen (secondary N) is 1. The molecule has 2 fully saturated rings. The van der Waals surface area contributed by atoms with Crippen molar-refractivity contribution in [3.63, 3.8) is 0 Å². The number of rotatable bonds is 6. The van der Waals surface area contributed by atoms with Crippen molar-refractivity contribution in [2.24, 2.45) is 11.8 Å². The minimum Gasteiger partial charge on any atom is -0.378 e. The van der Waals surface area contributed by atoms with E-state index >= 15 is 0 Å². The van der Waals surface area contributed by atoms with Gasteiger partial charge < -0.3 is 10.1 Å². The third kappa shape index (κ3) is 4.24. The fourth-order valence-electron chi connectivity index (χ4n) is 3.69. The van der Waals surface area contributed by atoms with Crippen LogP contribution in [-0.4, -0.2) is 25.3 Å². The number of hydrogen-bond acceptors (Lipinski definition) is 2. The van der Waals surface area contributed by atoms with E-state index in [0.717, 1.165) is 31.0 Å². The summed E-state index contributed by atoms with van der Waals surface area (Å²) in [5, 5.41) is 3.74. The summed E-state index contributed by atoms with van der Waals surface area (Å²) in [6.45, 7) is 6.76. The summed E-state index contributed by atoms with van der Waals surface area (Å²) in [5.41, 5.74) is 0. The number of ether oxygens (including phenoxy) is 1. The second-order valence-corrected chi connectivity index (χ2v) is 6.40. The SMILES string of the molecule is CCNC(CCC1CCCO1)C1CCC(C)CC1. The number of hydrogen-bond donors (Lipinski definition) is 1. The van der Waals surface area contributed by atoms with E-state index in [1.165, 1.54) is 51.4 Å². The first-order valence-corrected chi connectivity index (χ1v) is 8.14. The van der Waals surface area contributed by atoms with Crippen molar-refractivity contribution in [3.05, 3.63) is 0 Å². The summed E-state index contributed by atoms with van der Waals surface area (Å²) in [6.07, 6.45) is 11.5. The molecule has 0 aromatic heterocycles. The van der Waals surface area contributed by atoms with Crippen LogP contribution >= 0.6 is 0 Å². The van der Waals surface area contributed by atoms with Crippen LogP contribution in [0.2, 0.25) is 0 Å². The maximum Gasteiger partial charge on any atom is 0.0576 e. The Labute approximate surface area is 113 Å². The summed E-state index contributed by atoms with van der Waals surface area (Å²) in [6, 6.07) is 0.742. The van der Waals surface area contributed by atoms with Crippen LogP contribution in [0.25, 0.3) is 0 Å². The Morgan fingerprint density at radius 1 is 1.17 bits per heavy atom. The first kappa shape index (κ1) is 14.3. The molecule has 2 heteroatoms. The summed E-state index contributed by atoms with van der Waals surface area (Å²) in [7, 11) is 0. The Bertz CT molecular complexity index is 217. The van der Waals surface area contributed by atoms with Crippen molar-refractivity contribution in [2.75, 3.05) is 13.2 Å². The molecule has 0 spiro atoms. The summed E-state index contributed by atoms with van der Waals surface area (Å²) < 4.78 is 5.76. The Kier molecular flexibility index (Phi) is 5.97. The molecule has 2 atom stereocenters. The fourth-order valence-corrected chi connectivity index (χ4v) is 3.69. The normalized spacial score (nSPS) is 34.7. The highest BCUT2D eigenvalue weighted by Gasteiger charge is 2.26. The zero-order valence-electron chi connectivity index (χ0n) is 12.3. The van der Waals surface area contributed by atoms with E-state index in [-0.39, 0.29) is 0 Å². The Morgan fingerprint density at radius 2 is 1.94 bits per heavy atom. The molecule has 18 heavy (non-hydrogen) atoms. The maximum atomic E-state index is 5.76. The lowest BCUT2D eigenvalue weighted by Crippen LogP contribution is -2.38. The van der Waals surface area contributed by atoms with Gasteiger partial charge in [-0.1, -0.05) is 26.7 Å². The summed E-state index contributed by atoms with van der Waals surface area (Å²) in [4.78, 5) is 0. The molecule has 1 N–H and O–H groups in total. The fraction of sp³-hybridized carbons (Fsp3) is 1.00. The molecule has 1 aliphatic carbocycles.